The van der Waals surface area contributed by atoms with Crippen LogP contribution in [0.25, 0.3) is 0 Å². The highest BCUT2D eigenvalue weighted by molar-refractivity contribution is 6.35. The first-order valence-electron chi connectivity index (χ1n) is 6.69. The van der Waals surface area contributed by atoms with Gasteiger partial charge in [0.1, 0.15) is 0 Å². The Morgan fingerprint density at radius 3 is 2.50 bits per heavy atom. The van der Waals surface area contributed by atoms with Crippen LogP contribution in [0.4, 0.5) is 0 Å². The van der Waals surface area contributed by atoms with Crippen molar-refractivity contribution in [3.8, 4) is 0 Å². The molecule has 1 heterocycles. The van der Waals surface area contributed by atoms with Crippen LogP contribution in [0.1, 0.15) is 29.8 Å². The van der Waals surface area contributed by atoms with Crippen LogP contribution < -0.4 is 5.32 Å². The third-order valence-electron chi connectivity index (χ3n) is 3.22. The van der Waals surface area contributed by atoms with Crippen LogP contribution in [0.5, 0.6) is 0 Å². The monoisotopic (exact) mass is 359 g/mol. The molecule has 7 heteroatoms. The molecule has 0 aliphatic heterocycles. The summed E-state index contributed by atoms with van der Waals surface area (Å²) in [5.41, 5.74) is 0.717. The van der Waals surface area contributed by atoms with Crippen molar-refractivity contribution in [3.05, 3.63) is 51.8 Å². The number of benzene rings is 1. The summed E-state index contributed by atoms with van der Waals surface area (Å²) < 4.78 is 1.74. The zero-order valence-electron chi connectivity index (χ0n) is 12.2. The van der Waals surface area contributed by atoms with E-state index in [2.05, 4.69) is 10.4 Å². The molecule has 22 heavy (non-hydrogen) atoms. The van der Waals surface area contributed by atoms with Gasteiger partial charge in [-0.1, -0.05) is 23.2 Å². The standard InChI is InChI=1S/C15H16Cl3N3O/c1-15(2,11-8-19-21(9-11)4-3-16)20-14(22)10-5-12(17)7-13(18)6-10/h5-9H,3-4H2,1-2H3,(H,20,22). The molecular formula is C15H16Cl3N3O. The van der Waals surface area contributed by atoms with Crippen molar-refractivity contribution in [2.45, 2.75) is 25.9 Å². The van der Waals surface area contributed by atoms with Crippen LogP contribution in [-0.2, 0) is 12.1 Å². The molecule has 2 aromatic rings. The molecule has 0 bridgehead atoms. The lowest BCUT2D eigenvalue weighted by Gasteiger charge is -2.25. The fourth-order valence-corrected chi connectivity index (χ4v) is 2.71. The molecule has 1 N–H and O–H groups in total. The molecule has 0 aliphatic rings. The first kappa shape index (κ1) is 17.1. The number of nitrogens with one attached hydrogen (secondary N) is 1. The summed E-state index contributed by atoms with van der Waals surface area (Å²) in [6.45, 7) is 4.42. The second-order valence-corrected chi connectivity index (χ2v) is 6.67. The van der Waals surface area contributed by atoms with Gasteiger partial charge in [0.25, 0.3) is 5.91 Å². The lowest BCUT2D eigenvalue weighted by molar-refractivity contribution is 0.0912. The van der Waals surface area contributed by atoms with Crippen molar-refractivity contribution in [1.29, 1.82) is 0 Å². The molecule has 4 nitrogen and oxygen atoms in total. The second-order valence-electron chi connectivity index (χ2n) is 5.42. The minimum atomic E-state index is -0.587. The molecule has 0 saturated carbocycles. The van der Waals surface area contributed by atoms with Gasteiger partial charge in [0.05, 0.1) is 18.3 Å². The van der Waals surface area contributed by atoms with Crippen LogP contribution in [0.15, 0.2) is 30.6 Å². The van der Waals surface area contributed by atoms with E-state index in [1.807, 2.05) is 20.0 Å². The maximum atomic E-state index is 12.4. The van der Waals surface area contributed by atoms with Crippen molar-refractivity contribution in [2.24, 2.45) is 0 Å². The SMILES string of the molecule is CC(C)(NC(=O)c1cc(Cl)cc(Cl)c1)c1cnn(CCCl)c1. The molecule has 0 fully saturated rings. The molecule has 0 radical (unpaired) electrons. The lowest BCUT2D eigenvalue weighted by atomic mass is 9.97. The Morgan fingerprint density at radius 1 is 1.27 bits per heavy atom. The van der Waals surface area contributed by atoms with Crippen molar-refractivity contribution in [1.82, 2.24) is 15.1 Å². The first-order chi connectivity index (χ1) is 10.3. The van der Waals surface area contributed by atoms with Crippen LogP contribution in [0.3, 0.4) is 0 Å². The maximum absolute atomic E-state index is 12.4. The van der Waals surface area contributed by atoms with Crippen LogP contribution in [0, 0.1) is 0 Å². The number of nitrogens with zero attached hydrogens (tertiary/aromatic N) is 2. The number of halogens is 3. The Bertz CT molecular complexity index is 662. The summed E-state index contributed by atoms with van der Waals surface area (Å²) in [4.78, 5) is 12.4. The Labute approximate surface area is 144 Å². The van der Waals surface area contributed by atoms with Gasteiger partial charge in [-0.25, -0.2) is 0 Å². The number of rotatable bonds is 5. The van der Waals surface area contributed by atoms with Crippen molar-refractivity contribution < 1.29 is 4.79 Å². The summed E-state index contributed by atoms with van der Waals surface area (Å²) in [6.07, 6.45) is 3.59. The summed E-state index contributed by atoms with van der Waals surface area (Å²) in [7, 11) is 0. The topological polar surface area (TPSA) is 46.9 Å². The van der Waals surface area contributed by atoms with Gasteiger partial charge >= 0.3 is 0 Å². The van der Waals surface area contributed by atoms with Crippen LogP contribution in [-0.4, -0.2) is 21.6 Å². The molecule has 0 unspecified atom stereocenters. The predicted molar refractivity (Wildman–Crippen MR) is 89.9 cm³/mol. The van der Waals surface area contributed by atoms with Crippen molar-refractivity contribution in [3.63, 3.8) is 0 Å². The quantitative estimate of drug-likeness (QED) is 0.816. The smallest absolute Gasteiger partial charge is 0.252 e. The molecule has 118 valence electrons. The van der Waals surface area contributed by atoms with Gasteiger partial charge in [0, 0.05) is 33.2 Å². The molecule has 0 aliphatic carbocycles. The first-order valence-corrected chi connectivity index (χ1v) is 7.98. The number of amides is 1. The van der Waals surface area contributed by atoms with E-state index < -0.39 is 5.54 Å². The summed E-state index contributed by atoms with van der Waals surface area (Å²) in [5.74, 6) is 0.231. The Hall–Kier alpha value is -1.23. The molecule has 1 aromatic heterocycles. The van der Waals surface area contributed by atoms with Gasteiger partial charge < -0.3 is 5.32 Å². The van der Waals surface area contributed by atoms with Crippen molar-refractivity contribution >= 4 is 40.7 Å². The molecule has 1 amide bonds. The maximum Gasteiger partial charge on any atom is 0.252 e. The third kappa shape index (κ3) is 4.15. The number of carbonyl (C=O) groups is 1. The van der Waals surface area contributed by atoms with E-state index in [1.54, 1.807) is 29.1 Å². The van der Waals surface area contributed by atoms with Crippen LogP contribution >= 0.6 is 34.8 Å². The summed E-state index contributed by atoms with van der Waals surface area (Å²) in [6, 6.07) is 4.74. The van der Waals surface area contributed by atoms with E-state index in [-0.39, 0.29) is 5.91 Å². The van der Waals surface area contributed by atoms with E-state index in [0.717, 1.165) is 5.56 Å². The zero-order valence-corrected chi connectivity index (χ0v) is 14.5. The van der Waals surface area contributed by atoms with Gasteiger partial charge in [0.2, 0.25) is 0 Å². The highest BCUT2D eigenvalue weighted by Crippen LogP contribution is 2.22. The number of carbonyl (C=O) groups excluding carboxylic acids is 1. The largest absolute Gasteiger partial charge is 0.343 e. The van der Waals surface area contributed by atoms with Gasteiger partial charge in [-0.15, -0.1) is 11.6 Å². The Balaban J connectivity index is 2.17. The molecular weight excluding hydrogens is 345 g/mol. The van der Waals surface area contributed by atoms with Gasteiger partial charge in [-0.2, -0.15) is 5.10 Å². The fourth-order valence-electron chi connectivity index (χ4n) is 2.01. The highest BCUT2D eigenvalue weighted by Gasteiger charge is 2.25. The number of aromatic nitrogens is 2. The van der Waals surface area contributed by atoms with E-state index in [1.165, 1.54) is 0 Å². The number of hydrogen-bond acceptors (Lipinski definition) is 2. The minimum Gasteiger partial charge on any atom is -0.343 e. The van der Waals surface area contributed by atoms with E-state index >= 15 is 0 Å². The van der Waals surface area contributed by atoms with Crippen LogP contribution in [0.2, 0.25) is 10.0 Å². The highest BCUT2D eigenvalue weighted by atomic mass is 35.5. The molecule has 1 aromatic carbocycles. The summed E-state index contributed by atoms with van der Waals surface area (Å²) in [5, 5.41) is 8.02. The molecule has 0 spiro atoms. The van der Waals surface area contributed by atoms with Gasteiger partial charge in [-0.3, -0.25) is 9.48 Å². The van der Waals surface area contributed by atoms with E-state index in [9.17, 15) is 4.79 Å². The van der Waals surface area contributed by atoms with E-state index in [4.69, 9.17) is 34.8 Å². The molecule has 0 atom stereocenters. The molecule has 0 saturated heterocycles. The molecule has 2 rings (SSSR count). The number of aryl methyl sites for hydroxylation is 1. The fraction of sp³-hybridized carbons (Fsp3) is 0.333. The normalized spacial score (nSPS) is 11.5. The van der Waals surface area contributed by atoms with Gasteiger partial charge in [-0.05, 0) is 32.0 Å². The average Bonchev–Trinajstić information content (AvgIpc) is 2.87. The van der Waals surface area contributed by atoms with E-state index in [0.29, 0.717) is 28.0 Å². The minimum absolute atomic E-state index is 0.250. The third-order valence-corrected chi connectivity index (χ3v) is 3.82. The number of alkyl halides is 1. The number of hydrogen-bond donors (Lipinski definition) is 1. The summed E-state index contributed by atoms with van der Waals surface area (Å²) >= 11 is 17.6. The van der Waals surface area contributed by atoms with Gasteiger partial charge in [0.15, 0.2) is 0 Å². The lowest BCUT2D eigenvalue weighted by Crippen LogP contribution is -2.40. The Kier molecular flexibility index (Phi) is 5.37. The Morgan fingerprint density at radius 2 is 1.91 bits per heavy atom. The van der Waals surface area contributed by atoms with Crippen molar-refractivity contribution in [2.75, 3.05) is 5.88 Å². The predicted octanol–water partition coefficient (Wildman–Crippen LogP) is 4.09. The second kappa shape index (κ2) is 6.90. The average molecular weight is 361 g/mol. The zero-order chi connectivity index (χ0) is 16.3.